The Hall–Kier alpha value is -1.88. The lowest BCUT2D eigenvalue weighted by atomic mass is 10.1. The first-order valence-electron chi connectivity index (χ1n) is 6.13. The predicted octanol–water partition coefficient (Wildman–Crippen LogP) is 3.45. The average molecular weight is 336 g/mol. The lowest BCUT2D eigenvalue weighted by Crippen LogP contribution is -2.29. The van der Waals surface area contributed by atoms with Crippen molar-refractivity contribution in [2.24, 2.45) is 0 Å². The molecule has 1 aliphatic rings. The molecule has 0 saturated heterocycles. The molecule has 2 aromatic carbocycles. The minimum Gasteiger partial charge on any atom is -0.491 e. The Morgan fingerprint density at radius 2 is 2.10 bits per heavy atom. The van der Waals surface area contributed by atoms with Crippen molar-refractivity contribution < 1.29 is 13.9 Å². The summed E-state index contributed by atoms with van der Waals surface area (Å²) in [4.78, 5) is 12.1. The Balaban J connectivity index is 1.79. The fraction of sp³-hybridized carbons (Fsp3) is 0.133. The maximum atomic E-state index is 13.4. The van der Waals surface area contributed by atoms with E-state index in [0.717, 1.165) is 11.3 Å². The molecule has 3 rings (SSSR count). The highest BCUT2D eigenvalue weighted by Crippen LogP contribution is 2.31. The molecular weight excluding hydrogens is 325 g/mol. The molecule has 20 heavy (non-hydrogen) atoms. The van der Waals surface area contributed by atoms with Crippen LogP contribution in [-0.4, -0.2) is 12.5 Å². The first-order chi connectivity index (χ1) is 9.65. The van der Waals surface area contributed by atoms with Crippen molar-refractivity contribution in [1.29, 1.82) is 0 Å². The summed E-state index contributed by atoms with van der Waals surface area (Å²) in [5.74, 6) is 0.00205. The van der Waals surface area contributed by atoms with E-state index in [9.17, 15) is 9.18 Å². The molecular formula is C15H11BrFNO2. The first kappa shape index (κ1) is 13.1. The van der Waals surface area contributed by atoms with Gasteiger partial charge in [0, 0.05) is 11.1 Å². The van der Waals surface area contributed by atoms with Crippen molar-refractivity contribution >= 4 is 21.8 Å². The third-order valence-electron chi connectivity index (χ3n) is 3.19. The number of hydrogen-bond donors (Lipinski definition) is 1. The number of fused-ring (bicyclic) bond motifs is 1. The average Bonchev–Trinajstić information content (AvgIpc) is 2.85. The van der Waals surface area contributed by atoms with Crippen molar-refractivity contribution in [1.82, 2.24) is 5.32 Å². The van der Waals surface area contributed by atoms with Crippen LogP contribution in [0.2, 0.25) is 0 Å². The van der Waals surface area contributed by atoms with Gasteiger partial charge in [-0.05, 0) is 40.2 Å². The van der Waals surface area contributed by atoms with Crippen LogP contribution in [-0.2, 0) is 0 Å². The van der Waals surface area contributed by atoms with E-state index < -0.39 is 5.82 Å². The first-order valence-corrected chi connectivity index (χ1v) is 6.92. The second kappa shape index (κ2) is 5.25. The van der Waals surface area contributed by atoms with Gasteiger partial charge in [-0.25, -0.2) is 4.39 Å². The van der Waals surface area contributed by atoms with E-state index in [2.05, 4.69) is 21.2 Å². The molecule has 2 aromatic rings. The van der Waals surface area contributed by atoms with Gasteiger partial charge in [-0.1, -0.05) is 18.2 Å². The van der Waals surface area contributed by atoms with E-state index in [1.165, 1.54) is 12.1 Å². The van der Waals surface area contributed by atoms with Gasteiger partial charge in [-0.15, -0.1) is 0 Å². The summed E-state index contributed by atoms with van der Waals surface area (Å²) in [7, 11) is 0. The molecule has 0 fully saturated rings. The number of rotatable bonds is 2. The van der Waals surface area contributed by atoms with Gasteiger partial charge in [0.05, 0.1) is 10.5 Å². The van der Waals surface area contributed by atoms with Gasteiger partial charge in [0.25, 0.3) is 5.91 Å². The quantitative estimate of drug-likeness (QED) is 0.912. The second-order valence-corrected chi connectivity index (χ2v) is 5.36. The van der Waals surface area contributed by atoms with Crippen molar-refractivity contribution in [2.45, 2.75) is 6.04 Å². The lowest BCUT2D eigenvalue weighted by molar-refractivity contribution is 0.0930. The molecule has 5 heteroatoms. The van der Waals surface area contributed by atoms with Crippen molar-refractivity contribution in [3.8, 4) is 5.75 Å². The monoisotopic (exact) mass is 335 g/mol. The van der Waals surface area contributed by atoms with Gasteiger partial charge < -0.3 is 10.1 Å². The van der Waals surface area contributed by atoms with Crippen LogP contribution < -0.4 is 10.1 Å². The van der Waals surface area contributed by atoms with Gasteiger partial charge >= 0.3 is 0 Å². The Morgan fingerprint density at radius 3 is 2.90 bits per heavy atom. The molecule has 1 amide bonds. The number of carbonyl (C=O) groups is 1. The Morgan fingerprint density at radius 1 is 1.30 bits per heavy atom. The summed E-state index contributed by atoms with van der Waals surface area (Å²) in [6.07, 6.45) is 0. The topological polar surface area (TPSA) is 38.3 Å². The number of halogens is 2. The van der Waals surface area contributed by atoms with Crippen LogP contribution in [0.15, 0.2) is 46.9 Å². The van der Waals surface area contributed by atoms with Crippen LogP contribution in [0.3, 0.4) is 0 Å². The van der Waals surface area contributed by atoms with Crippen molar-refractivity contribution in [3.05, 3.63) is 63.9 Å². The molecule has 0 saturated carbocycles. The van der Waals surface area contributed by atoms with Crippen LogP contribution in [0.4, 0.5) is 4.39 Å². The maximum absolute atomic E-state index is 13.4. The number of benzene rings is 2. The Bertz CT molecular complexity index is 675. The van der Waals surface area contributed by atoms with Gasteiger partial charge in [-0.2, -0.15) is 0 Å². The van der Waals surface area contributed by atoms with Gasteiger partial charge in [0.1, 0.15) is 18.2 Å². The lowest BCUT2D eigenvalue weighted by Gasteiger charge is -2.12. The minimum absolute atomic E-state index is 0.203. The highest BCUT2D eigenvalue weighted by Gasteiger charge is 2.25. The summed E-state index contributed by atoms with van der Waals surface area (Å²) >= 11 is 3.06. The number of nitrogens with one attached hydrogen (secondary N) is 1. The number of para-hydroxylation sites is 1. The third-order valence-corrected chi connectivity index (χ3v) is 3.83. The molecule has 0 aliphatic carbocycles. The highest BCUT2D eigenvalue weighted by atomic mass is 79.9. The molecule has 0 aromatic heterocycles. The molecule has 1 N–H and O–H groups in total. The summed E-state index contributed by atoms with van der Waals surface area (Å²) in [6.45, 7) is 0.393. The zero-order valence-electron chi connectivity index (χ0n) is 10.4. The van der Waals surface area contributed by atoms with Crippen LogP contribution >= 0.6 is 15.9 Å². The standard InChI is InChI=1S/C15H11BrFNO2/c16-11-6-5-9(7-12(11)17)15(19)18-13-8-20-14-4-2-1-3-10(13)14/h1-7,13H,8H2,(H,18,19). The van der Waals surface area contributed by atoms with E-state index in [4.69, 9.17) is 4.74 Å². The fourth-order valence-corrected chi connectivity index (χ4v) is 2.41. The summed E-state index contributed by atoms with van der Waals surface area (Å²) in [5.41, 5.74) is 1.23. The minimum atomic E-state index is -0.458. The fourth-order valence-electron chi connectivity index (χ4n) is 2.16. The molecule has 1 unspecified atom stereocenters. The SMILES string of the molecule is O=C(NC1COc2ccccc21)c1ccc(Br)c(F)c1. The highest BCUT2D eigenvalue weighted by molar-refractivity contribution is 9.10. The number of carbonyl (C=O) groups excluding carboxylic acids is 1. The van der Waals surface area contributed by atoms with Crippen LogP contribution in [0, 0.1) is 5.82 Å². The van der Waals surface area contributed by atoms with E-state index >= 15 is 0 Å². The van der Waals surface area contributed by atoms with E-state index in [0.29, 0.717) is 11.1 Å². The van der Waals surface area contributed by atoms with Gasteiger partial charge in [0.2, 0.25) is 0 Å². The van der Waals surface area contributed by atoms with E-state index in [1.54, 1.807) is 6.07 Å². The number of amides is 1. The molecule has 0 spiro atoms. The van der Waals surface area contributed by atoms with Gasteiger partial charge in [-0.3, -0.25) is 4.79 Å². The molecule has 0 radical (unpaired) electrons. The van der Waals surface area contributed by atoms with Crippen molar-refractivity contribution in [2.75, 3.05) is 6.61 Å². The maximum Gasteiger partial charge on any atom is 0.251 e. The van der Waals surface area contributed by atoms with E-state index in [1.807, 2.05) is 24.3 Å². The molecule has 1 aliphatic heterocycles. The molecule has 1 atom stereocenters. The van der Waals surface area contributed by atoms with Gasteiger partial charge in [0.15, 0.2) is 0 Å². The number of ether oxygens (including phenoxy) is 1. The molecule has 102 valence electrons. The van der Waals surface area contributed by atoms with Crippen LogP contribution in [0.25, 0.3) is 0 Å². The Kier molecular flexibility index (Phi) is 3.44. The zero-order valence-corrected chi connectivity index (χ0v) is 12.0. The molecule has 1 heterocycles. The summed E-state index contributed by atoms with van der Waals surface area (Å²) in [6, 6.07) is 11.6. The third kappa shape index (κ3) is 2.41. The van der Waals surface area contributed by atoms with Crippen molar-refractivity contribution in [3.63, 3.8) is 0 Å². The zero-order chi connectivity index (χ0) is 14.1. The van der Waals surface area contributed by atoms with E-state index in [-0.39, 0.29) is 17.5 Å². The largest absolute Gasteiger partial charge is 0.491 e. The second-order valence-electron chi connectivity index (χ2n) is 4.50. The molecule has 3 nitrogen and oxygen atoms in total. The van der Waals surface area contributed by atoms with Crippen LogP contribution in [0.1, 0.15) is 22.0 Å². The summed E-state index contributed by atoms with van der Waals surface area (Å²) in [5, 5.41) is 2.85. The normalized spacial score (nSPS) is 16.4. The molecule has 0 bridgehead atoms. The smallest absolute Gasteiger partial charge is 0.251 e. The number of hydrogen-bond acceptors (Lipinski definition) is 2. The Labute approximate surface area is 123 Å². The van der Waals surface area contributed by atoms with Crippen LogP contribution in [0.5, 0.6) is 5.75 Å². The predicted molar refractivity (Wildman–Crippen MR) is 76.2 cm³/mol. The summed E-state index contributed by atoms with van der Waals surface area (Å²) < 4.78 is 19.3.